The highest BCUT2D eigenvalue weighted by molar-refractivity contribution is 5.77. The van der Waals surface area contributed by atoms with Gasteiger partial charge in [0.25, 0.3) is 0 Å². The summed E-state index contributed by atoms with van der Waals surface area (Å²) in [7, 11) is 0. The molecule has 142 valence electrons. The Labute approximate surface area is 146 Å². The standard InChI is InChI=1S/C18H27F3N2O2/c19-18(20,21)11-23-2-1-14(9-23)22-15(24)8-16-4-12-3-13(5-16)7-17(25,6-12)10-16/h12-14,25H,1-11H2,(H,22,24)/t12-,13-,14-,16?,17?/m1/s1. The van der Waals surface area contributed by atoms with E-state index in [1.54, 1.807) is 0 Å². The maximum atomic E-state index is 12.5. The molecule has 4 saturated carbocycles. The molecule has 5 fully saturated rings. The number of likely N-dealkylation sites (tertiary alicyclic amines) is 1. The molecule has 3 atom stereocenters. The van der Waals surface area contributed by atoms with Crippen molar-refractivity contribution < 1.29 is 23.1 Å². The quantitative estimate of drug-likeness (QED) is 0.810. The van der Waals surface area contributed by atoms with Crippen LogP contribution in [-0.4, -0.2) is 53.4 Å². The van der Waals surface area contributed by atoms with Gasteiger partial charge < -0.3 is 10.4 Å². The molecule has 4 bridgehead atoms. The van der Waals surface area contributed by atoms with Crippen LogP contribution in [0.2, 0.25) is 0 Å². The third-order valence-electron chi connectivity index (χ3n) is 6.73. The van der Waals surface area contributed by atoms with Gasteiger partial charge in [-0.3, -0.25) is 9.69 Å². The number of rotatable bonds is 4. The van der Waals surface area contributed by atoms with Crippen LogP contribution in [-0.2, 0) is 4.79 Å². The second-order valence-corrected chi connectivity index (χ2v) is 9.27. The van der Waals surface area contributed by atoms with E-state index in [2.05, 4.69) is 5.32 Å². The Morgan fingerprint density at radius 3 is 2.48 bits per heavy atom. The Balaban J connectivity index is 1.31. The zero-order valence-electron chi connectivity index (χ0n) is 14.4. The Kier molecular flexibility index (Phi) is 4.11. The maximum Gasteiger partial charge on any atom is 0.401 e. The Bertz CT molecular complexity index is 537. The Hall–Kier alpha value is -0.820. The number of amides is 1. The van der Waals surface area contributed by atoms with Crippen LogP contribution >= 0.6 is 0 Å². The summed E-state index contributed by atoms with van der Waals surface area (Å²) in [6, 6.07) is -0.188. The van der Waals surface area contributed by atoms with Crippen molar-refractivity contribution in [3.05, 3.63) is 0 Å². The molecule has 0 aromatic rings. The van der Waals surface area contributed by atoms with Gasteiger partial charge in [-0.05, 0) is 62.2 Å². The summed E-state index contributed by atoms with van der Waals surface area (Å²) in [5.74, 6) is 1.02. The second-order valence-electron chi connectivity index (χ2n) is 9.27. The van der Waals surface area contributed by atoms with Gasteiger partial charge in [0, 0.05) is 25.6 Å². The van der Waals surface area contributed by atoms with Gasteiger partial charge >= 0.3 is 6.18 Å². The highest BCUT2D eigenvalue weighted by Gasteiger charge is 2.57. The van der Waals surface area contributed by atoms with Crippen molar-refractivity contribution in [3.63, 3.8) is 0 Å². The largest absolute Gasteiger partial charge is 0.401 e. The topological polar surface area (TPSA) is 52.6 Å². The summed E-state index contributed by atoms with van der Waals surface area (Å²) in [4.78, 5) is 13.9. The first-order chi connectivity index (χ1) is 11.6. The predicted octanol–water partition coefficient (Wildman–Crippen LogP) is 2.46. The van der Waals surface area contributed by atoms with Crippen molar-refractivity contribution in [2.45, 2.75) is 69.2 Å². The van der Waals surface area contributed by atoms with E-state index in [-0.39, 0.29) is 23.9 Å². The molecule has 25 heavy (non-hydrogen) atoms. The lowest BCUT2D eigenvalue weighted by Gasteiger charge is -2.60. The fourth-order valence-electron chi connectivity index (χ4n) is 6.58. The number of halogens is 3. The third kappa shape index (κ3) is 3.82. The van der Waals surface area contributed by atoms with Crippen molar-refractivity contribution in [3.8, 4) is 0 Å². The van der Waals surface area contributed by atoms with Crippen LogP contribution < -0.4 is 5.32 Å². The van der Waals surface area contributed by atoms with E-state index in [9.17, 15) is 23.1 Å². The molecule has 0 radical (unpaired) electrons. The molecule has 1 amide bonds. The molecular weight excluding hydrogens is 333 g/mol. The van der Waals surface area contributed by atoms with Crippen molar-refractivity contribution >= 4 is 5.91 Å². The lowest BCUT2D eigenvalue weighted by molar-refractivity contribution is -0.169. The molecule has 4 aliphatic carbocycles. The average Bonchev–Trinajstić information content (AvgIpc) is 2.79. The van der Waals surface area contributed by atoms with Gasteiger partial charge in [0.1, 0.15) is 0 Å². The van der Waals surface area contributed by atoms with E-state index in [0.717, 1.165) is 25.7 Å². The van der Waals surface area contributed by atoms with Crippen molar-refractivity contribution in [2.24, 2.45) is 17.3 Å². The highest BCUT2D eigenvalue weighted by Crippen LogP contribution is 2.62. The Morgan fingerprint density at radius 2 is 1.88 bits per heavy atom. The zero-order chi connectivity index (χ0) is 17.9. The van der Waals surface area contributed by atoms with E-state index in [1.165, 1.54) is 11.3 Å². The van der Waals surface area contributed by atoms with Gasteiger partial charge in [-0.15, -0.1) is 0 Å². The molecule has 1 saturated heterocycles. The summed E-state index contributed by atoms with van der Waals surface area (Å²) in [6.07, 6.45) is 2.49. The number of nitrogens with one attached hydrogen (secondary N) is 1. The fourth-order valence-corrected chi connectivity index (χ4v) is 6.58. The van der Waals surface area contributed by atoms with Crippen molar-refractivity contribution in [1.82, 2.24) is 10.2 Å². The molecule has 0 spiro atoms. The first-order valence-corrected chi connectivity index (χ1v) is 9.43. The minimum Gasteiger partial charge on any atom is -0.390 e. The van der Waals surface area contributed by atoms with E-state index >= 15 is 0 Å². The molecule has 7 heteroatoms. The normalized spacial score (nSPS) is 43.6. The number of nitrogens with zero attached hydrogens (tertiary/aromatic N) is 1. The minimum absolute atomic E-state index is 0.0515. The van der Waals surface area contributed by atoms with Crippen molar-refractivity contribution in [1.29, 1.82) is 0 Å². The molecule has 0 aromatic heterocycles. The van der Waals surface area contributed by atoms with Gasteiger partial charge in [0.05, 0.1) is 12.1 Å². The average molecular weight is 360 g/mol. The summed E-state index contributed by atoms with van der Waals surface area (Å²) in [5, 5.41) is 13.7. The van der Waals surface area contributed by atoms with Crippen LogP contribution in [0.4, 0.5) is 13.2 Å². The number of carbonyl (C=O) groups excluding carboxylic acids is 1. The molecule has 5 aliphatic rings. The number of carbonyl (C=O) groups is 1. The first-order valence-electron chi connectivity index (χ1n) is 9.43. The lowest BCUT2D eigenvalue weighted by atomic mass is 9.47. The zero-order valence-corrected chi connectivity index (χ0v) is 14.4. The van der Waals surface area contributed by atoms with E-state index < -0.39 is 18.3 Å². The monoisotopic (exact) mass is 360 g/mol. The number of hydrogen-bond acceptors (Lipinski definition) is 3. The summed E-state index contributed by atoms with van der Waals surface area (Å²) >= 11 is 0. The third-order valence-corrected chi connectivity index (χ3v) is 6.73. The Morgan fingerprint density at radius 1 is 1.20 bits per heavy atom. The summed E-state index contributed by atoms with van der Waals surface area (Å²) in [5.41, 5.74) is -0.672. The van der Waals surface area contributed by atoms with Crippen LogP contribution in [0, 0.1) is 17.3 Å². The second kappa shape index (κ2) is 5.84. The lowest BCUT2D eigenvalue weighted by Crippen LogP contribution is -2.56. The fraction of sp³-hybridized carbons (Fsp3) is 0.944. The van der Waals surface area contributed by atoms with E-state index in [1.807, 2.05) is 0 Å². The van der Waals surface area contributed by atoms with Crippen molar-refractivity contribution in [2.75, 3.05) is 19.6 Å². The molecule has 5 rings (SSSR count). The maximum absolute atomic E-state index is 12.5. The SMILES string of the molecule is O=C(CC12C[C@H]3C[C@@H](CC(O)(C3)C1)C2)N[C@@H]1CCN(CC(F)(F)F)C1. The van der Waals surface area contributed by atoms with Crippen LogP contribution in [0.15, 0.2) is 0 Å². The van der Waals surface area contributed by atoms with Crippen LogP contribution in [0.1, 0.15) is 51.4 Å². The molecular formula is C18H27F3N2O2. The predicted molar refractivity (Wildman–Crippen MR) is 85.7 cm³/mol. The first kappa shape index (κ1) is 17.6. The number of alkyl halides is 3. The summed E-state index contributed by atoms with van der Waals surface area (Å²) < 4.78 is 37.4. The van der Waals surface area contributed by atoms with Gasteiger partial charge in [-0.2, -0.15) is 13.2 Å². The van der Waals surface area contributed by atoms with Gasteiger partial charge in [-0.1, -0.05) is 0 Å². The van der Waals surface area contributed by atoms with Crippen LogP contribution in [0.25, 0.3) is 0 Å². The van der Waals surface area contributed by atoms with Crippen LogP contribution in [0.5, 0.6) is 0 Å². The summed E-state index contributed by atoms with van der Waals surface area (Å²) in [6.45, 7) is -0.257. The molecule has 1 aliphatic heterocycles. The number of aliphatic hydroxyl groups is 1. The van der Waals surface area contributed by atoms with Gasteiger partial charge in [0.15, 0.2) is 0 Å². The smallest absolute Gasteiger partial charge is 0.390 e. The molecule has 4 nitrogen and oxygen atoms in total. The van der Waals surface area contributed by atoms with E-state index in [0.29, 0.717) is 37.6 Å². The molecule has 0 aromatic carbocycles. The highest BCUT2D eigenvalue weighted by atomic mass is 19.4. The van der Waals surface area contributed by atoms with Gasteiger partial charge in [-0.25, -0.2) is 0 Å². The minimum atomic E-state index is -4.19. The molecule has 0 unspecified atom stereocenters. The van der Waals surface area contributed by atoms with E-state index in [4.69, 9.17) is 0 Å². The van der Waals surface area contributed by atoms with Gasteiger partial charge in [0.2, 0.25) is 5.91 Å². The molecule has 1 heterocycles. The molecule has 2 N–H and O–H groups in total. The number of hydrogen-bond donors (Lipinski definition) is 2. The van der Waals surface area contributed by atoms with Crippen LogP contribution in [0.3, 0.4) is 0 Å².